The molecule has 2 atom stereocenters. The number of rotatable bonds is 4. The Balaban J connectivity index is 1.92. The Morgan fingerprint density at radius 1 is 1.53 bits per heavy atom. The molecule has 0 amide bonds. The average molecular weight is 269 g/mol. The van der Waals surface area contributed by atoms with Crippen LogP contribution in [0.25, 0.3) is 0 Å². The maximum absolute atomic E-state index is 6.18. The molecule has 3 heteroatoms. The highest BCUT2D eigenvalue weighted by Gasteiger charge is 2.31. The molecular weight excluding hydrogens is 252 g/mol. The van der Waals surface area contributed by atoms with Gasteiger partial charge in [0, 0.05) is 28.8 Å². The molecule has 0 radical (unpaired) electrons. The van der Waals surface area contributed by atoms with E-state index in [4.69, 9.17) is 5.73 Å². The molecule has 2 rings (SSSR count). The summed E-state index contributed by atoms with van der Waals surface area (Å²) in [6, 6.07) is 4.33. The van der Waals surface area contributed by atoms with Crippen molar-refractivity contribution in [1.82, 2.24) is 4.98 Å². The highest BCUT2D eigenvalue weighted by Crippen LogP contribution is 2.38. The SMILES string of the molecule is CC(C(N)Cc1ccc(Br)cn1)C1CC1. The van der Waals surface area contributed by atoms with Gasteiger partial charge in [-0.3, -0.25) is 4.98 Å². The zero-order valence-corrected chi connectivity index (χ0v) is 10.6. The minimum atomic E-state index is 0.256. The second-order valence-electron chi connectivity index (χ2n) is 4.53. The Hall–Kier alpha value is -0.410. The van der Waals surface area contributed by atoms with Crippen LogP contribution in [-0.2, 0) is 6.42 Å². The van der Waals surface area contributed by atoms with Crippen LogP contribution in [0, 0.1) is 11.8 Å². The summed E-state index contributed by atoms with van der Waals surface area (Å²) in [5.41, 5.74) is 7.27. The topological polar surface area (TPSA) is 38.9 Å². The van der Waals surface area contributed by atoms with Crippen LogP contribution < -0.4 is 5.73 Å². The summed E-state index contributed by atoms with van der Waals surface area (Å²) in [6.45, 7) is 2.27. The number of hydrogen-bond acceptors (Lipinski definition) is 2. The summed E-state index contributed by atoms with van der Waals surface area (Å²) >= 11 is 3.38. The van der Waals surface area contributed by atoms with E-state index in [2.05, 4.69) is 27.8 Å². The molecule has 1 aromatic rings. The Labute approximate surface area is 99.4 Å². The van der Waals surface area contributed by atoms with Gasteiger partial charge in [-0.25, -0.2) is 0 Å². The minimum absolute atomic E-state index is 0.256. The molecule has 0 bridgehead atoms. The summed E-state index contributed by atoms with van der Waals surface area (Å²) in [6.07, 6.45) is 5.46. The lowest BCUT2D eigenvalue weighted by atomic mass is 9.94. The lowest BCUT2D eigenvalue weighted by Crippen LogP contribution is -2.32. The fourth-order valence-electron chi connectivity index (χ4n) is 1.93. The fourth-order valence-corrected chi connectivity index (χ4v) is 2.16. The summed E-state index contributed by atoms with van der Waals surface area (Å²) in [7, 11) is 0. The Kier molecular flexibility index (Phi) is 3.42. The number of nitrogens with two attached hydrogens (primary N) is 1. The lowest BCUT2D eigenvalue weighted by molar-refractivity contribution is 0.402. The molecule has 2 unspecified atom stereocenters. The predicted molar refractivity (Wildman–Crippen MR) is 65.5 cm³/mol. The van der Waals surface area contributed by atoms with Gasteiger partial charge in [0.1, 0.15) is 0 Å². The second-order valence-corrected chi connectivity index (χ2v) is 5.45. The van der Waals surface area contributed by atoms with Crippen molar-refractivity contribution < 1.29 is 0 Å². The first-order chi connectivity index (χ1) is 7.16. The van der Waals surface area contributed by atoms with Crippen LogP contribution in [0.3, 0.4) is 0 Å². The van der Waals surface area contributed by atoms with Gasteiger partial charge in [-0.05, 0) is 52.7 Å². The van der Waals surface area contributed by atoms with Crippen molar-refractivity contribution in [2.75, 3.05) is 0 Å². The molecule has 1 heterocycles. The van der Waals surface area contributed by atoms with Crippen LogP contribution in [0.1, 0.15) is 25.5 Å². The summed E-state index contributed by atoms with van der Waals surface area (Å²) < 4.78 is 1.02. The third-order valence-corrected chi connectivity index (χ3v) is 3.74. The monoisotopic (exact) mass is 268 g/mol. The molecule has 15 heavy (non-hydrogen) atoms. The molecule has 2 N–H and O–H groups in total. The number of halogens is 1. The van der Waals surface area contributed by atoms with Crippen molar-refractivity contribution >= 4 is 15.9 Å². The minimum Gasteiger partial charge on any atom is -0.327 e. The van der Waals surface area contributed by atoms with Crippen LogP contribution in [0.2, 0.25) is 0 Å². The Bertz CT molecular complexity index is 319. The largest absolute Gasteiger partial charge is 0.327 e. The molecule has 0 aromatic carbocycles. The van der Waals surface area contributed by atoms with E-state index >= 15 is 0 Å². The van der Waals surface area contributed by atoms with Gasteiger partial charge in [0.05, 0.1) is 0 Å². The maximum atomic E-state index is 6.18. The summed E-state index contributed by atoms with van der Waals surface area (Å²) in [5.74, 6) is 1.51. The molecule has 0 spiro atoms. The molecule has 82 valence electrons. The van der Waals surface area contributed by atoms with E-state index < -0.39 is 0 Å². The normalized spacial score (nSPS) is 19.9. The fraction of sp³-hybridized carbons (Fsp3) is 0.583. The molecule has 1 saturated carbocycles. The van der Waals surface area contributed by atoms with Gasteiger partial charge in [0.25, 0.3) is 0 Å². The molecule has 1 aliphatic rings. The van der Waals surface area contributed by atoms with Crippen LogP contribution in [0.15, 0.2) is 22.8 Å². The van der Waals surface area contributed by atoms with Crippen LogP contribution in [0.5, 0.6) is 0 Å². The van der Waals surface area contributed by atoms with Gasteiger partial charge in [0.2, 0.25) is 0 Å². The number of nitrogens with zero attached hydrogens (tertiary/aromatic N) is 1. The van der Waals surface area contributed by atoms with E-state index in [1.165, 1.54) is 12.8 Å². The number of hydrogen-bond donors (Lipinski definition) is 1. The summed E-state index contributed by atoms with van der Waals surface area (Å²) in [5, 5.41) is 0. The molecule has 0 aliphatic heterocycles. The molecule has 0 saturated heterocycles. The van der Waals surface area contributed by atoms with Crippen molar-refractivity contribution in [2.45, 2.75) is 32.2 Å². The third kappa shape index (κ3) is 3.02. The average Bonchev–Trinajstić information content (AvgIpc) is 3.04. The van der Waals surface area contributed by atoms with Gasteiger partial charge in [-0.2, -0.15) is 0 Å². The van der Waals surface area contributed by atoms with E-state index in [1.807, 2.05) is 18.3 Å². The molecule has 2 nitrogen and oxygen atoms in total. The molecule has 1 aliphatic carbocycles. The van der Waals surface area contributed by atoms with Crippen molar-refractivity contribution in [1.29, 1.82) is 0 Å². The van der Waals surface area contributed by atoms with E-state index in [0.717, 1.165) is 22.5 Å². The zero-order valence-electron chi connectivity index (χ0n) is 8.99. The first kappa shape index (κ1) is 11.1. The maximum Gasteiger partial charge on any atom is 0.0420 e. The van der Waals surface area contributed by atoms with Gasteiger partial charge in [0.15, 0.2) is 0 Å². The Morgan fingerprint density at radius 2 is 2.27 bits per heavy atom. The van der Waals surface area contributed by atoms with E-state index in [-0.39, 0.29) is 6.04 Å². The molecule has 1 fully saturated rings. The van der Waals surface area contributed by atoms with Crippen molar-refractivity contribution in [3.8, 4) is 0 Å². The van der Waals surface area contributed by atoms with Crippen LogP contribution >= 0.6 is 15.9 Å². The number of pyridine rings is 1. The first-order valence-electron chi connectivity index (χ1n) is 5.53. The third-order valence-electron chi connectivity index (χ3n) is 3.27. The van der Waals surface area contributed by atoms with Crippen molar-refractivity contribution in [3.63, 3.8) is 0 Å². The van der Waals surface area contributed by atoms with E-state index in [0.29, 0.717) is 5.92 Å². The van der Waals surface area contributed by atoms with E-state index in [1.54, 1.807) is 0 Å². The standard InChI is InChI=1S/C12H17BrN2/c1-8(9-2-3-9)12(14)6-11-5-4-10(13)7-15-11/h4-5,7-9,12H,2-3,6,14H2,1H3. The van der Waals surface area contributed by atoms with Gasteiger partial charge < -0.3 is 5.73 Å². The number of aromatic nitrogens is 1. The molecule has 1 aromatic heterocycles. The lowest BCUT2D eigenvalue weighted by Gasteiger charge is -2.18. The summed E-state index contributed by atoms with van der Waals surface area (Å²) in [4.78, 5) is 4.35. The van der Waals surface area contributed by atoms with Gasteiger partial charge in [-0.1, -0.05) is 6.92 Å². The van der Waals surface area contributed by atoms with Gasteiger partial charge >= 0.3 is 0 Å². The predicted octanol–water partition coefficient (Wildman–Crippen LogP) is 2.76. The van der Waals surface area contributed by atoms with Crippen molar-refractivity contribution in [2.24, 2.45) is 17.6 Å². The van der Waals surface area contributed by atoms with Gasteiger partial charge in [-0.15, -0.1) is 0 Å². The zero-order chi connectivity index (χ0) is 10.8. The smallest absolute Gasteiger partial charge is 0.0420 e. The Morgan fingerprint density at radius 3 is 2.80 bits per heavy atom. The second kappa shape index (κ2) is 4.62. The van der Waals surface area contributed by atoms with Crippen LogP contribution in [-0.4, -0.2) is 11.0 Å². The van der Waals surface area contributed by atoms with Crippen molar-refractivity contribution in [3.05, 3.63) is 28.5 Å². The van der Waals surface area contributed by atoms with E-state index in [9.17, 15) is 0 Å². The van der Waals surface area contributed by atoms with Crippen LogP contribution in [0.4, 0.5) is 0 Å². The molecular formula is C12H17BrN2. The first-order valence-corrected chi connectivity index (χ1v) is 6.32. The highest BCUT2D eigenvalue weighted by molar-refractivity contribution is 9.10. The quantitative estimate of drug-likeness (QED) is 0.912. The highest BCUT2D eigenvalue weighted by atomic mass is 79.9.